The van der Waals surface area contributed by atoms with Crippen LogP contribution in [0.1, 0.15) is 0 Å². The first-order valence-electron chi connectivity index (χ1n) is 4.07. The molecule has 1 heterocycles. The molecule has 0 unspecified atom stereocenters. The van der Waals surface area contributed by atoms with E-state index in [2.05, 4.69) is 10.5 Å². The van der Waals surface area contributed by atoms with Crippen molar-refractivity contribution in [2.75, 3.05) is 11.9 Å². The second-order valence-electron chi connectivity index (χ2n) is 2.77. The number of rotatable bonds is 3. The molecule has 0 spiro atoms. The Balaban J connectivity index is 2.29. The van der Waals surface area contributed by atoms with E-state index in [0.717, 1.165) is 5.39 Å². The van der Waals surface area contributed by atoms with Crippen molar-refractivity contribution >= 4 is 22.8 Å². The maximum Gasteiger partial charge on any atom is 0.322 e. The first-order valence-corrected chi connectivity index (χ1v) is 4.07. The van der Waals surface area contributed by atoms with Gasteiger partial charge < -0.3 is 14.9 Å². The average molecular weight is 192 g/mol. The Bertz CT molecular complexity index is 464. The van der Waals surface area contributed by atoms with Crippen molar-refractivity contribution in [1.29, 1.82) is 0 Å². The van der Waals surface area contributed by atoms with Crippen LogP contribution in [0.2, 0.25) is 0 Å². The summed E-state index contributed by atoms with van der Waals surface area (Å²) in [6, 6.07) is 7.25. The lowest BCUT2D eigenvalue weighted by atomic mass is 10.2. The van der Waals surface area contributed by atoms with Crippen LogP contribution in [0.4, 0.5) is 5.82 Å². The fourth-order valence-corrected chi connectivity index (χ4v) is 1.17. The molecule has 1 aromatic heterocycles. The molecule has 0 bridgehead atoms. The monoisotopic (exact) mass is 192 g/mol. The standard InChI is InChI=1S/C9H8N2O3/c12-8(13)5-10-9-6-3-1-2-4-7(6)14-11-9/h1-4H,5H2,(H,10,11)(H,12,13). The number of carbonyl (C=O) groups is 1. The van der Waals surface area contributed by atoms with Gasteiger partial charge in [0.15, 0.2) is 11.4 Å². The summed E-state index contributed by atoms with van der Waals surface area (Å²) in [7, 11) is 0. The maximum atomic E-state index is 10.3. The van der Waals surface area contributed by atoms with Gasteiger partial charge in [-0.2, -0.15) is 0 Å². The van der Waals surface area contributed by atoms with Gasteiger partial charge in [0.1, 0.15) is 6.54 Å². The zero-order valence-electron chi connectivity index (χ0n) is 7.23. The minimum atomic E-state index is -0.933. The number of aliphatic carboxylic acids is 1. The molecule has 0 saturated carbocycles. The minimum Gasteiger partial charge on any atom is -0.480 e. The Hall–Kier alpha value is -2.04. The van der Waals surface area contributed by atoms with Gasteiger partial charge in [0.25, 0.3) is 0 Å². The highest BCUT2D eigenvalue weighted by Gasteiger charge is 2.07. The normalized spacial score (nSPS) is 10.3. The second kappa shape index (κ2) is 3.37. The molecule has 2 rings (SSSR count). The molecular weight excluding hydrogens is 184 g/mol. The third-order valence-corrected chi connectivity index (χ3v) is 1.78. The third kappa shape index (κ3) is 1.52. The zero-order valence-corrected chi connectivity index (χ0v) is 7.23. The van der Waals surface area contributed by atoms with Crippen molar-refractivity contribution in [1.82, 2.24) is 5.16 Å². The molecule has 0 aliphatic carbocycles. The van der Waals surface area contributed by atoms with Gasteiger partial charge >= 0.3 is 5.97 Å². The quantitative estimate of drug-likeness (QED) is 0.767. The van der Waals surface area contributed by atoms with Crippen LogP contribution in [0.15, 0.2) is 28.8 Å². The summed E-state index contributed by atoms with van der Waals surface area (Å²) in [5.41, 5.74) is 0.639. The number of carboxylic acid groups (broad SMARTS) is 1. The van der Waals surface area contributed by atoms with Gasteiger partial charge in [-0.1, -0.05) is 17.3 Å². The van der Waals surface area contributed by atoms with E-state index in [0.29, 0.717) is 11.4 Å². The Morgan fingerprint density at radius 3 is 3.07 bits per heavy atom. The number of nitrogens with one attached hydrogen (secondary N) is 1. The van der Waals surface area contributed by atoms with E-state index in [1.165, 1.54) is 0 Å². The number of anilines is 1. The van der Waals surface area contributed by atoms with Gasteiger partial charge in [-0.15, -0.1) is 0 Å². The van der Waals surface area contributed by atoms with Crippen LogP contribution in [-0.2, 0) is 4.79 Å². The molecule has 0 atom stereocenters. The average Bonchev–Trinajstić information content (AvgIpc) is 2.58. The molecule has 5 nitrogen and oxygen atoms in total. The Morgan fingerprint density at radius 1 is 1.50 bits per heavy atom. The fraction of sp³-hybridized carbons (Fsp3) is 0.111. The minimum absolute atomic E-state index is 0.170. The summed E-state index contributed by atoms with van der Waals surface area (Å²) < 4.78 is 4.98. The smallest absolute Gasteiger partial charge is 0.322 e. The highest BCUT2D eigenvalue weighted by atomic mass is 16.5. The van der Waals surface area contributed by atoms with Crippen LogP contribution in [-0.4, -0.2) is 22.8 Å². The molecule has 0 fully saturated rings. The van der Waals surface area contributed by atoms with Gasteiger partial charge in [-0.3, -0.25) is 4.79 Å². The summed E-state index contributed by atoms with van der Waals surface area (Å²) in [4.78, 5) is 10.3. The van der Waals surface area contributed by atoms with Crippen LogP contribution < -0.4 is 5.32 Å². The Labute approximate surface area is 79.3 Å². The summed E-state index contributed by atoms with van der Waals surface area (Å²) in [6.07, 6.45) is 0. The van der Waals surface area contributed by atoms with E-state index in [4.69, 9.17) is 9.63 Å². The van der Waals surface area contributed by atoms with E-state index in [1.807, 2.05) is 18.2 Å². The van der Waals surface area contributed by atoms with Gasteiger partial charge in [0, 0.05) is 0 Å². The van der Waals surface area contributed by atoms with Crippen molar-refractivity contribution < 1.29 is 14.4 Å². The van der Waals surface area contributed by atoms with Crippen LogP contribution >= 0.6 is 0 Å². The summed E-state index contributed by atoms with van der Waals surface area (Å²) in [6.45, 7) is -0.170. The molecule has 0 radical (unpaired) electrons. The lowest BCUT2D eigenvalue weighted by Gasteiger charge is -1.96. The fourth-order valence-electron chi connectivity index (χ4n) is 1.17. The van der Waals surface area contributed by atoms with Crippen molar-refractivity contribution in [3.63, 3.8) is 0 Å². The number of fused-ring (bicyclic) bond motifs is 1. The second-order valence-corrected chi connectivity index (χ2v) is 2.77. The maximum absolute atomic E-state index is 10.3. The summed E-state index contributed by atoms with van der Waals surface area (Å²) in [5, 5.41) is 15.6. The summed E-state index contributed by atoms with van der Waals surface area (Å²) in [5.74, 6) is -0.472. The number of para-hydroxylation sites is 1. The molecule has 1 aromatic carbocycles. The topological polar surface area (TPSA) is 75.4 Å². The van der Waals surface area contributed by atoms with E-state index in [1.54, 1.807) is 6.07 Å². The lowest BCUT2D eigenvalue weighted by Crippen LogP contribution is -2.12. The van der Waals surface area contributed by atoms with Crippen molar-refractivity contribution in [3.05, 3.63) is 24.3 Å². The predicted molar refractivity (Wildman–Crippen MR) is 50.1 cm³/mol. The third-order valence-electron chi connectivity index (χ3n) is 1.78. The van der Waals surface area contributed by atoms with Crippen LogP contribution in [0, 0.1) is 0 Å². The molecule has 0 saturated heterocycles. The van der Waals surface area contributed by atoms with Crippen molar-refractivity contribution in [3.8, 4) is 0 Å². The Kier molecular flexibility index (Phi) is 2.06. The van der Waals surface area contributed by atoms with E-state index < -0.39 is 5.97 Å². The van der Waals surface area contributed by atoms with Crippen molar-refractivity contribution in [2.45, 2.75) is 0 Å². The molecule has 5 heteroatoms. The van der Waals surface area contributed by atoms with Crippen LogP contribution in [0.3, 0.4) is 0 Å². The molecular formula is C9H8N2O3. The van der Waals surface area contributed by atoms with Crippen LogP contribution in [0.25, 0.3) is 11.0 Å². The van der Waals surface area contributed by atoms with E-state index in [9.17, 15) is 4.79 Å². The number of hydrogen-bond donors (Lipinski definition) is 2. The summed E-state index contributed by atoms with van der Waals surface area (Å²) >= 11 is 0. The Morgan fingerprint density at radius 2 is 2.29 bits per heavy atom. The molecule has 2 N–H and O–H groups in total. The molecule has 2 aromatic rings. The van der Waals surface area contributed by atoms with Gasteiger partial charge in [-0.25, -0.2) is 0 Å². The molecule has 14 heavy (non-hydrogen) atoms. The highest BCUT2D eigenvalue weighted by Crippen LogP contribution is 2.21. The predicted octanol–water partition coefficient (Wildman–Crippen LogP) is 1.32. The van der Waals surface area contributed by atoms with E-state index >= 15 is 0 Å². The SMILES string of the molecule is O=C(O)CNc1noc2ccccc12. The number of carboxylic acids is 1. The zero-order chi connectivity index (χ0) is 9.97. The molecule has 0 aliphatic rings. The number of aromatic nitrogens is 1. The number of nitrogens with zero attached hydrogens (tertiary/aromatic N) is 1. The largest absolute Gasteiger partial charge is 0.480 e. The lowest BCUT2D eigenvalue weighted by molar-refractivity contribution is -0.134. The van der Waals surface area contributed by atoms with Gasteiger partial charge in [-0.05, 0) is 12.1 Å². The number of hydrogen-bond acceptors (Lipinski definition) is 4. The molecule has 0 aliphatic heterocycles. The highest BCUT2D eigenvalue weighted by molar-refractivity contribution is 5.89. The number of benzene rings is 1. The van der Waals surface area contributed by atoms with Gasteiger partial charge in [0.05, 0.1) is 5.39 Å². The molecule has 72 valence electrons. The van der Waals surface area contributed by atoms with E-state index in [-0.39, 0.29) is 6.54 Å². The first kappa shape index (κ1) is 8.55. The first-order chi connectivity index (χ1) is 6.77. The van der Waals surface area contributed by atoms with Crippen LogP contribution in [0.5, 0.6) is 0 Å². The molecule has 0 amide bonds. The van der Waals surface area contributed by atoms with Gasteiger partial charge in [0.2, 0.25) is 0 Å². The van der Waals surface area contributed by atoms with Crippen molar-refractivity contribution in [2.24, 2.45) is 0 Å².